The first-order chi connectivity index (χ1) is 22.5. The number of amides is 2. The van der Waals surface area contributed by atoms with Gasteiger partial charge in [0.05, 0.1) is 24.7 Å². The summed E-state index contributed by atoms with van der Waals surface area (Å²) in [5.74, 6) is -0.517. The van der Waals surface area contributed by atoms with Crippen molar-refractivity contribution in [3.8, 4) is 0 Å². The number of halogens is 3. The second-order valence-electron chi connectivity index (χ2n) is 13.7. The maximum atomic E-state index is 14.4. The number of carbonyl (C=O) groups is 2. The Labute approximate surface area is 277 Å². The molecule has 47 heavy (non-hydrogen) atoms. The van der Waals surface area contributed by atoms with Crippen LogP contribution >= 0.6 is 0 Å². The van der Waals surface area contributed by atoms with Crippen LogP contribution in [0.5, 0.6) is 0 Å². The van der Waals surface area contributed by atoms with Crippen LogP contribution in [0.1, 0.15) is 91.8 Å². The minimum absolute atomic E-state index is 0.0704. The molecule has 7 nitrogen and oxygen atoms in total. The monoisotopic (exact) mass is 656 g/mol. The van der Waals surface area contributed by atoms with Crippen molar-refractivity contribution in [3.05, 3.63) is 64.7 Å². The predicted octanol–water partition coefficient (Wildman–Crippen LogP) is 6.96. The molecule has 3 aliphatic rings. The molecule has 0 aliphatic carbocycles. The number of nitrogens with one attached hydrogen (secondary N) is 1. The highest BCUT2D eigenvalue weighted by atomic mass is 19.4. The van der Waals surface area contributed by atoms with Crippen LogP contribution in [0.3, 0.4) is 0 Å². The third-order valence-corrected chi connectivity index (χ3v) is 10.4. The number of likely N-dealkylation sites (tertiary alicyclic amines) is 2. The van der Waals surface area contributed by atoms with E-state index in [1.165, 1.54) is 44.2 Å². The average molecular weight is 657 g/mol. The second kappa shape index (κ2) is 16.0. The summed E-state index contributed by atoms with van der Waals surface area (Å²) in [6, 6.07) is 10.5. The van der Waals surface area contributed by atoms with Crippen LogP contribution in [0, 0.1) is 12.8 Å². The molecule has 0 spiro atoms. The summed E-state index contributed by atoms with van der Waals surface area (Å²) in [4.78, 5) is 34.6. The molecule has 3 saturated heterocycles. The fourth-order valence-electron chi connectivity index (χ4n) is 7.65. The number of ether oxygens (including phenoxy) is 1. The number of carbonyl (C=O) groups excluding carboxylic acids is 2. The molecule has 3 heterocycles. The Kier molecular flexibility index (Phi) is 12.0. The lowest BCUT2D eigenvalue weighted by atomic mass is 9.74. The van der Waals surface area contributed by atoms with E-state index in [2.05, 4.69) is 33.9 Å². The highest BCUT2D eigenvalue weighted by Crippen LogP contribution is 2.42. The number of aryl methyl sites for hydroxylation is 1. The van der Waals surface area contributed by atoms with E-state index in [1.54, 1.807) is 6.07 Å². The molecule has 4 unspecified atom stereocenters. The largest absolute Gasteiger partial charge is 0.416 e. The van der Waals surface area contributed by atoms with E-state index < -0.39 is 17.6 Å². The Morgan fingerprint density at radius 2 is 1.74 bits per heavy atom. The number of nitrogens with zero attached hydrogens (tertiary/aromatic N) is 3. The van der Waals surface area contributed by atoms with Gasteiger partial charge in [-0.3, -0.25) is 14.5 Å². The number of morpholine rings is 1. The normalized spacial score (nSPS) is 24.3. The van der Waals surface area contributed by atoms with Gasteiger partial charge < -0.3 is 19.9 Å². The number of hydrogen-bond donors (Lipinski definition) is 1. The predicted molar refractivity (Wildman–Crippen MR) is 179 cm³/mol. The van der Waals surface area contributed by atoms with Gasteiger partial charge in [-0.05, 0) is 87.0 Å². The maximum Gasteiger partial charge on any atom is 0.416 e. The highest BCUT2D eigenvalue weighted by molar-refractivity contribution is 6.04. The number of anilines is 1. The molecular weight excluding hydrogens is 605 g/mol. The fourth-order valence-corrected chi connectivity index (χ4v) is 7.65. The summed E-state index contributed by atoms with van der Waals surface area (Å²) in [7, 11) is 0. The van der Waals surface area contributed by atoms with Crippen molar-refractivity contribution in [3.63, 3.8) is 0 Å². The smallest absolute Gasteiger partial charge is 0.379 e. The zero-order chi connectivity index (χ0) is 33.6. The van der Waals surface area contributed by atoms with E-state index >= 15 is 0 Å². The number of unbranched alkanes of at least 4 members (excludes halogenated alkanes) is 4. The third-order valence-electron chi connectivity index (χ3n) is 10.4. The fraction of sp³-hybridized carbons (Fsp3) is 0.622. The number of hydrogen-bond acceptors (Lipinski definition) is 5. The Bertz CT molecular complexity index is 1360. The van der Waals surface area contributed by atoms with Crippen molar-refractivity contribution >= 4 is 17.5 Å². The number of rotatable bonds is 12. The van der Waals surface area contributed by atoms with Gasteiger partial charge in [-0.2, -0.15) is 13.2 Å². The lowest BCUT2D eigenvalue weighted by Crippen LogP contribution is -2.61. The van der Waals surface area contributed by atoms with Crippen molar-refractivity contribution in [2.24, 2.45) is 5.92 Å². The van der Waals surface area contributed by atoms with Gasteiger partial charge in [-0.25, -0.2) is 0 Å². The molecule has 4 atom stereocenters. The van der Waals surface area contributed by atoms with Crippen LogP contribution in [-0.4, -0.2) is 91.1 Å². The van der Waals surface area contributed by atoms with Gasteiger partial charge in [-0.15, -0.1) is 0 Å². The Morgan fingerprint density at radius 3 is 2.49 bits per heavy atom. The lowest BCUT2D eigenvalue weighted by Gasteiger charge is -2.52. The second-order valence-corrected chi connectivity index (χ2v) is 13.7. The van der Waals surface area contributed by atoms with Gasteiger partial charge in [0.2, 0.25) is 5.91 Å². The van der Waals surface area contributed by atoms with Gasteiger partial charge in [0, 0.05) is 56.1 Å². The standard InChI is InChI=1S/C37H51F3N4O3/c1-4-5-6-7-8-14-43-25-29-23-33(36(46)44(34(29)21-27(43)3)16-15-42-17-19-47-20-18-42)32-24-31(13-12-26(32)2)41-35(45)28-10-9-11-30(22-28)37(38,39)40/h9-13,22,24,27,29,33-34H,4-8,14-21,23,25H2,1-3H3,(H,41,45). The summed E-state index contributed by atoms with van der Waals surface area (Å²) in [5, 5.41) is 2.79. The zero-order valence-corrected chi connectivity index (χ0v) is 28.2. The van der Waals surface area contributed by atoms with Crippen LogP contribution in [0.4, 0.5) is 18.9 Å². The molecule has 0 bridgehead atoms. The number of benzene rings is 2. The molecule has 2 aromatic rings. The highest BCUT2D eigenvalue weighted by Gasteiger charge is 2.46. The molecule has 0 saturated carbocycles. The quantitative estimate of drug-likeness (QED) is 0.250. The summed E-state index contributed by atoms with van der Waals surface area (Å²) < 4.78 is 45.4. The molecule has 258 valence electrons. The molecule has 2 amide bonds. The van der Waals surface area contributed by atoms with E-state index in [9.17, 15) is 22.8 Å². The topological polar surface area (TPSA) is 65.1 Å². The molecule has 0 radical (unpaired) electrons. The van der Waals surface area contributed by atoms with Gasteiger partial charge >= 0.3 is 6.18 Å². The first-order valence-corrected chi connectivity index (χ1v) is 17.5. The van der Waals surface area contributed by atoms with E-state index in [1.807, 2.05) is 19.1 Å². The first kappa shape index (κ1) is 35.4. The van der Waals surface area contributed by atoms with E-state index in [0.717, 1.165) is 68.8 Å². The zero-order valence-electron chi connectivity index (χ0n) is 28.2. The molecule has 2 aromatic carbocycles. The van der Waals surface area contributed by atoms with E-state index in [4.69, 9.17) is 4.74 Å². The molecular formula is C37H51F3N4O3. The van der Waals surface area contributed by atoms with Gasteiger partial charge in [-0.1, -0.05) is 44.7 Å². The minimum Gasteiger partial charge on any atom is -0.379 e. The van der Waals surface area contributed by atoms with Crippen molar-refractivity contribution < 1.29 is 27.5 Å². The maximum absolute atomic E-state index is 14.4. The van der Waals surface area contributed by atoms with Crippen molar-refractivity contribution in [1.29, 1.82) is 0 Å². The Hall–Kier alpha value is -2.95. The summed E-state index contributed by atoms with van der Waals surface area (Å²) in [6.45, 7) is 13.2. The van der Waals surface area contributed by atoms with Crippen LogP contribution in [0.15, 0.2) is 42.5 Å². The number of piperidine rings is 2. The van der Waals surface area contributed by atoms with Gasteiger partial charge in [0.1, 0.15) is 0 Å². The first-order valence-electron chi connectivity index (χ1n) is 17.5. The van der Waals surface area contributed by atoms with E-state index in [-0.39, 0.29) is 23.4 Å². The van der Waals surface area contributed by atoms with Crippen molar-refractivity contribution in [2.75, 3.05) is 57.8 Å². The Balaban J connectivity index is 1.36. The number of alkyl halides is 3. The summed E-state index contributed by atoms with van der Waals surface area (Å²) in [6.07, 6.45) is 3.39. The van der Waals surface area contributed by atoms with Gasteiger partial charge in [0.15, 0.2) is 0 Å². The van der Waals surface area contributed by atoms with Gasteiger partial charge in [0.25, 0.3) is 5.91 Å². The van der Waals surface area contributed by atoms with Crippen LogP contribution < -0.4 is 5.32 Å². The van der Waals surface area contributed by atoms with Crippen LogP contribution in [0.25, 0.3) is 0 Å². The molecule has 0 aromatic heterocycles. The number of fused-ring (bicyclic) bond motifs is 1. The average Bonchev–Trinajstić information content (AvgIpc) is 3.05. The minimum atomic E-state index is -4.54. The van der Waals surface area contributed by atoms with E-state index in [0.29, 0.717) is 37.4 Å². The summed E-state index contributed by atoms with van der Waals surface area (Å²) in [5.41, 5.74) is 1.36. The van der Waals surface area contributed by atoms with Crippen LogP contribution in [-0.2, 0) is 15.7 Å². The molecule has 3 fully saturated rings. The molecule has 3 aliphatic heterocycles. The summed E-state index contributed by atoms with van der Waals surface area (Å²) >= 11 is 0. The molecule has 5 rings (SSSR count). The lowest BCUT2D eigenvalue weighted by molar-refractivity contribution is -0.145. The third kappa shape index (κ3) is 8.95. The molecule has 1 N–H and O–H groups in total. The van der Waals surface area contributed by atoms with Crippen molar-refractivity contribution in [2.45, 2.75) is 89.9 Å². The molecule has 10 heteroatoms. The Morgan fingerprint density at radius 1 is 0.979 bits per heavy atom. The van der Waals surface area contributed by atoms with Crippen molar-refractivity contribution in [1.82, 2.24) is 14.7 Å². The van der Waals surface area contributed by atoms with Crippen LogP contribution in [0.2, 0.25) is 0 Å². The SMILES string of the molecule is CCCCCCCN1CC2CC(c3cc(NC(=O)c4cccc(C(F)(F)F)c4)ccc3C)C(=O)N(CCN3CCOCC3)C2CC1C.